The normalized spacial score (nSPS) is 28.1. The van der Waals surface area contributed by atoms with Gasteiger partial charge in [-0.1, -0.05) is 12.1 Å². The summed E-state index contributed by atoms with van der Waals surface area (Å²) in [6.07, 6.45) is 3.28. The first kappa shape index (κ1) is 11.7. The minimum atomic E-state index is -0.107. The quantitative estimate of drug-likeness (QED) is 0.847. The molecule has 0 spiro atoms. The van der Waals surface area contributed by atoms with Crippen molar-refractivity contribution in [1.82, 2.24) is 15.8 Å². The summed E-state index contributed by atoms with van der Waals surface area (Å²) in [4.78, 5) is 12.1. The van der Waals surface area contributed by atoms with Gasteiger partial charge in [-0.15, -0.1) is 0 Å². The molecule has 1 saturated carbocycles. The van der Waals surface area contributed by atoms with E-state index in [9.17, 15) is 4.79 Å². The maximum absolute atomic E-state index is 12.1. The number of rotatable bonds is 3. The predicted octanol–water partition coefficient (Wildman–Crippen LogP) is 1.28. The summed E-state index contributed by atoms with van der Waals surface area (Å²) < 4.78 is 5.20. The highest BCUT2D eigenvalue weighted by molar-refractivity contribution is 5.92. The Balaban J connectivity index is 1.62. The molecule has 1 aromatic heterocycles. The SMILES string of the molecule is C[C@@H]1CNCC[C@H]1NC(=O)c1cc(C2CC2)on1. The number of amides is 1. The van der Waals surface area contributed by atoms with E-state index in [4.69, 9.17) is 4.52 Å². The van der Waals surface area contributed by atoms with Crippen molar-refractivity contribution in [1.29, 1.82) is 0 Å². The van der Waals surface area contributed by atoms with Gasteiger partial charge >= 0.3 is 0 Å². The fourth-order valence-corrected chi connectivity index (χ4v) is 2.43. The minimum Gasteiger partial charge on any atom is -0.360 e. The summed E-state index contributed by atoms with van der Waals surface area (Å²) in [6.45, 7) is 4.06. The van der Waals surface area contributed by atoms with Gasteiger partial charge in [-0.05, 0) is 38.3 Å². The van der Waals surface area contributed by atoms with E-state index >= 15 is 0 Å². The molecule has 98 valence electrons. The van der Waals surface area contributed by atoms with Crippen LogP contribution in [-0.2, 0) is 0 Å². The molecule has 0 radical (unpaired) electrons. The molecule has 2 N–H and O–H groups in total. The number of hydrogen-bond acceptors (Lipinski definition) is 4. The summed E-state index contributed by atoms with van der Waals surface area (Å²) in [6, 6.07) is 2.03. The number of carbonyl (C=O) groups is 1. The van der Waals surface area contributed by atoms with E-state index in [1.54, 1.807) is 6.07 Å². The Bertz CT molecular complexity index is 439. The van der Waals surface area contributed by atoms with E-state index in [1.807, 2.05) is 0 Å². The van der Waals surface area contributed by atoms with Gasteiger partial charge in [0.2, 0.25) is 0 Å². The predicted molar refractivity (Wildman–Crippen MR) is 66.4 cm³/mol. The van der Waals surface area contributed by atoms with Crippen LogP contribution >= 0.6 is 0 Å². The van der Waals surface area contributed by atoms with E-state index in [1.165, 1.54) is 0 Å². The molecule has 1 aliphatic carbocycles. The van der Waals surface area contributed by atoms with Crippen molar-refractivity contribution in [3.63, 3.8) is 0 Å². The van der Waals surface area contributed by atoms with Crippen LogP contribution in [0.15, 0.2) is 10.6 Å². The van der Waals surface area contributed by atoms with Gasteiger partial charge < -0.3 is 15.2 Å². The van der Waals surface area contributed by atoms with Crippen LogP contribution in [0.1, 0.15) is 48.4 Å². The fourth-order valence-electron chi connectivity index (χ4n) is 2.43. The Morgan fingerprint density at radius 3 is 3.06 bits per heavy atom. The third-order valence-corrected chi connectivity index (χ3v) is 3.84. The molecule has 5 heteroatoms. The monoisotopic (exact) mass is 249 g/mol. The van der Waals surface area contributed by atoms with Gasteiger partial charge in [0, 0.05) is 18.0 Å². The Morgan fingerprint density at radius 2 is 2.33 bits per heavy atom. The second-order valence-corrected chi connectivity index (χ2v) is 5.44. The van der Waals surface area contributed by atoms with Crippen molar-refractivity contribution < 1.29 is 9.32 Å². The van der Waals surface area contributed by atoms with Crippen molar-refractivity contribution in [3.05, 3.63) is 17.5 Å². The van der Waals surface area contributed by atoms with Crippen LogP contribution in [0.4, 0.5) is 0 Å². The average Bonchev–Trinajstić information content (AvgIpc) is 3.10. The molecular weight excluding hydrogens is 230 g/mol. The van der Waals surface area contributed by atoms with E-state index in [0.29, 0.717) is 17.5 Å². The highest BCUT2D eigenvalue weighted by Gasteiger charge is 2.30. The van der Waals surface area contributed by atoms with Crippen molar-refractivity contribution in [2.75, 3.05) is 13.1 Å². The number of piperidine rings is 1. The van der Waals surface area contributed by atoms with Gasteiger partial charge in [-0.25, -0.2) is 0 Å². The molecule has 3 rings (SSSR count). The number of aromatic nitrogens is 1. The fraction of sp³-hybridized carbons (Fsp3) is 0.692. The molecular formula is C13H19N3O2. The molecule has 2 fully saturated rings. The van der Waals surface area contributed by atoms with Crippen LogP contribution in [0.25, 0.3) is 0 Å². The zero-order valence-corrected chi connectivity index (χ0v) is 10.6. The van der Waals surface area contributed by atoms with Crippen LogP contribution in [0.5, 0.6) is 0 Å². The summed E-state index contributed by atoms with van der Waals surface area (Å²) in [7, 11) is 0. The third kappa shape index (κ3) is 2.41. The van der Waals surface area contributed by atoms with Crippen LogP contribution in [-0.4, -0.2) is 30.2 Å². The van der Waals surface area contributed by atoms with Crippen LogP contribution < -0.4 is 10.6 Å². The lowest BCUT2D eigenvalue weighted by Gasteiger charge is -2.29. The topological polar surface area (TPSA) is 67.2 Å². The Hall–Kier alpha value is -1.36. The van der Waals surface area contributed by atoms with Gasteiger partial charge in [0.25, 0.3) is 5.91 Å². The Labute approximate surface area is 106 Å². The number of nitrogens with zero attached hydrogens (tertiary/aromatic N) is 1. The summed E-state index contributed by atoms with van der Waals surface area (Å²) in [5, 5.41) is 10.2. The highest BCUT2D eigenvalue weighted by Crippen LogP contribution is 2.40. The Kier molecular flexibility index (Phi) is 3.07. The molecule has 0 unspecified atom stereocenters. The third-order valence-electron chi connectivity index (χ3n) is 3.84. The lowest BCUT2D eigenvalue weighted by molar-refractivity contribution is 0.0905. The lowest BCUT2D eigenvalue weighted by Crippen LogP contribution is -2.48. The number of hydrogen-bond donors (Lipinski definition) is 2. The minimum absolute atomic E-state index is 0.107. The van der Waals surface area contributed by atoms with Gasteiger partial charge in [0.15, 0.2) is 5.69 Å². The molecule has 1 amide bonds. The summed E-state index contributed by atoms with van der Waals surface area (Å²) in [5.41, 5.74) is 0.419. The molecule has 0 aromatic carbocycles. The maximum atomic E-state index is 12.1. The molecule has 1 saturated heterocycles. The molecule has 0 bridgehead atoms. The second kappa shape index (κ2) is 4.72. The zero-order valence-electron chi connectivity index (χ0n) is 10.6. The summed E-state index contributed by atoms with van der Waals surface area (Å²) >= 11 is 0. The molecule has 18 heavy (non-hydrogen) atoms. The van der Waals surface area contributed by atoms with Gasteiger partial charge in [-0.3, -0.25) is 4.79 Å². The Morgan fingerprint density at radius 1 is 1.50 bits per heavy atom. The van der Waals surface area contributed by atoms with Crippen LogP contribution in [0.2, 0.25) is 0 Å². The van der Waals surface area contributed by atoms with Gasteiger partial charge in [-0.2, -0.15) is 0 Å². The molecule has 1 aliphatic heterocycles. The van der Waals surface area contributed by atoms with Crippen molar-refractivity contribution in [2.45, 2.75) is 38.1 Å². The van der Waals surface area contributed by atoms with Crippen molar-refractivity contribution in [3.8, 4) is 0 Å². The molecule has 2 aliphatic rings. The number of nitrogens with one attached hydrogen (secondary N) is 2. The molecule has 2 atom stereocenters. The lowest BCUT2D eigenvalue weighted by atomic mass is 9.95. The van der Waals surface area contributed by atoms with Gasteiger partial charge in [0.1, 0.15) is 5.76 Å². The summed E-state index contributed by atoms with van der Waals surface area (Å²) in [5.74, 6) is 1.71. The first-order valence-corrected chi connectivity index (χ1v) is 6.72. The largest absolute Gasteiger partial charge is 0.360 e. The second-order valence-electron chi connectivity index (χ2n) is 5.44. The van der Waals surface area contributed by atoms with E-state index in [-0.39, 0.29) is 11.9 Å². The van der Waals surface area contributed by atoms with E-state index in [2.05, 4.69) is 22.7 Å². The maximum Gasteiger partial charge on any atom is 0.273 e. The standard InChI is InChI=1S/C13H19N3O2/c1-8-7-14-5-4-10(8)15-13(17)11-6-12(18-16-11)9-2-3-9/h6,8-10,14H,2-5,7H2,1H3,(H,15,17)/t8-,10-/m1/s1. The first-order chi connectivity index (χ1) is 8.74. The molecule has 2 heterocycles. The molecule has 5 nitrogen and oxygen atoms in total. The highest BCUT2D eigenvalue weighted by atomic mass is 16.5. The van der Waals surface area contributed by atoms with Crippen LogP contribution in [0, 0.1) is 5.92 Å². The molecule has 1 aromatic rings. The average molecular weight is 249 g/mol. The van der Waals surface area contributed by atoms with Gasteiger partial charge in [0.05, 0.1) is 0 Å². The van der Waals surface area contributed by atoms with E-state index < -0.39 is 0 Å². The smallest absolute Gasteiger partial charge is 0.273 e. The van der Waals surface area contributed by atoms with Crippen molar-refractivity contribution >= 4 is 5.91 Å². The van der Waals surface area contributed by atoms with E-state index in [0.717, 1.165) is 38.1 Å². The number of carbonyl (C=O) groups excluding carboxylic acids is 1. The first-order valence-electron chi connectivity index (χ1n) is 6.72. The van der Waals surface area contributed by atoms with Crippen LogP contribution in [0.3, 0.4) is 0 Å². The van der Waals surface area contributed by atoms with Crippen molar-refractivity contribution in [2.24, 2.45) is 5.92 Å². The zero-order chi connectivity index (χ0) is 12.5.